The van der Waals surface area contributed by atoms with Crippen molar-refractivity contribution < 1.29 is 13.2 Å². The number of carbonyl (C=O) groups is 1. The third-order valence-corrected chi connectivity index (χ3v) is 7.84. The molecule has 0 saturated carbocycles. The molecule has 1 aromatic rings. The number of likely N-dealkylation sites (tertiary alicyclic amines) is 1. The van der Waals surface area contributed by atoms with E-state index in [1.54, 1.807) is 12.1 Å². The van der Waals surface area contributed by atoms with Crippen molar-refractivity contribution in [3.63, 3.8) is 0 Å². The van der Waals surface area contributed by atoms with Crippen molar-refractivity contribution in [2.45, 2.75) is 69.0 Å². The molecule has 2 unspecified atom stereocenters. The molecule has 2 heterocycles. The minimum absolute atomic E-state index is 0.122. The molecule has 0 spiro atoms. The second-order valence-corrected chi connectivity index (χ2v) is 9.57. The van der Waals surface area contributed by atoms with E-state index in [4.69, 9.17) is 0 Å². The van der Waals surface area contributed by atoms with E-state index in [0.29, 0.717) is 23.9 Å². The Kier molecular flexibility index (Phi) is 7.49. The minimum atomic E-state index is -3.49. The van der Waals surface area contributed by atoms with E-state index in [2.05, 4.69) is 18.8 Å². The topological polar surface area (TPSA) is 70.6 Å². The first kappa shape index (κ1) is 21.2. The summed E-state index contributed by atoms with van der Waals surface area (Å²) in [7, 11) is -3.49. The normalized spacial score (nSPS) is 21.2. The van der Waals surface area contributed by atoms with Crippen LogP contribution >= 0.6 is 11.8 Å². The maximum Gasteiger partial charge on any atom is 0.244 e. The summed E-state index contributed by atoms with van der Waals surface area (Å²) in [6.07, 6.45) is 4.66. The van der Waals surface area contributed by atoms with E-state index in [0.717, 1.165) is 12.8 Å². The van der Waals surface area contributed by atoms with E-state index in [1.807, 2.05) is 18.7 Å². The Labute approximate surface area is 161 Å². The predicted octanol–water partition coefficient (Wildman–Crippen LogP) is 2.99. The highest BCUT2D eigenvalue weighted by molar-refractivity contribution is 7.99. The van der Waals surface area contributed by atoms with Crippen molar-refractivity contribution in [3.05, 3.63) is 18.3 Å². The third-order valence-electron chi connectivity index (χ3n) is 4.88. The van der Waals surface area contributed by atoms with E-state index >= 15 is 0 Å². The highest BCUT2D eigenvalue weighted by Gasteiger charge is 2.28. The summed E-state index contributed by atoms with van der Waals surface area (Å²) in [4.78, 5) is 19.0. The van der Waals surface area contributed by atoms with E-state index < -0.39 is 10.0 Å². The van der Waals surface area contributed by atoms with Crippen molar-refractivity contribution in [2.24, 2.45) is 0 Å². The van der Waals surface area contributed by atoms with Crippen LogP contribution in [0.25, 0.3) is 0 Å². The Bertz CT molecular complexity index is 693. The highest BCUT2D eigenvalue weighted by Crippen LogP contribution is 2.25. The van der Waals surface area contributed by atoms with Gasteiger partial charge in [-0.15, -0.1) is 0 Å². The molecule has 8 heteroatoms. The van der Waals surface area contributed by atoms with E-state index in [-0.39, 0.29) is 22.9 Å². The second-order valence-electron chi connectivity index (χ2n) is 6.64. The Morgan fingerprint density at radius 3 is 2.35 bits per heavy atom. The molecule has 146 valence electrons. The van der Waals surface area contributed by atoms with Gasteiger partial charge in [-0.3, -0.25) is 4.79 Å². The zero-order valence-electron chi connectivity index (χ0n) is 16.0. The third kappa shape index (κ3) is 4.78. The van der Waals surface area contributed by atoms with Crippen molar-refractivity contribution in [1.29, 1.82) is 0 Å². The maximum absolute atomic E-state index is 12.6. The Morgan fingerprint density at radius 1 is 1.23 bits per heavy atom. The van der Waals surface area contributed by atoms with Crippen LogP contribution in [0.2, 0.25) is 0 Å². The van der Waals surface area contributed by atoms with Crippen LogP contribution in [0.15, 0.2) is 28.3 Å². The molecule has 26 heavy (non-hydrogen) atoms. The molecule has 2 rings (SSSR count). The predicted molar refractivity (Wildman–Crippen MR) is 105 cm³/mol. The van der Waals surface area contributed by atoms with Crippen molar-refractivity contribution in [2.75, 3.05) is 18.8 Å². The van der Waals surface area contributed by atoms with Crippen molar-refractivity contribution in [3.8, 4) is 0 Å². The molecule has 0 aromatic carbocycles. The lowest BCUT2D eigenvalue weighted by atomic mass is 9.98. The summed E-state index contributed by atoms with van der Waals surface area (Å²) in [5.74, 6) is 0.445. The number of pyridine rings is 1. The molecule has 6 nitrogen and oxygen atoms in total. The zero-order valence-corrected chi connectivity index (χ0v) is 17.6. The van der Waals surface area contributed by atoms with Gasteiger partial charge in [0.1, 0.15) is 4.90 Å². The molecule has 0 aliphatic carbocycles. The minimum Gasteiger partial charge on any atom is -0.337 e. The molecule has 2 atom stereocenters. The molecular weight excluding hydrogens is 370 g/mol. The molecule has 1 aliphatic heterocycles. The smallest absolute Gasteiger partial charge is 0.244 e. The van der Waals surface area contributed by atoms with Crippen LogP contribution in [0, 0.1) is 0 Å². The summed E-state index contributed by atoms with van der Waals surface area (Å²) in [6.45, 7) is 8.68. The number of hydrogen-bond acceptors (Lipinski definition) is 5. The lowest BCUT2D eigenvalue weighted by Crippen LogP contribution is -2.48. The van der Waals surface area contributed by atoms with Gasteiger partial charge in [0.2, 0.25) is 15.9 Å². The fraction of sp³-hybridized carbons (Fsp3) is 0.667. The van der Waals surface area contributed by atoms with Gasteiger partial charge >= 0.3 is 0 Å². The zero-order chi connectivity index (χ0) is 19.3. The number of rotatable bonds is 7. The van der Waals surface area contributed by atoms with Gasteiger partial charge in [0.05, 0.1) is 10.8 Å². The Morgan fingerprint density at radius 2 is 1.85 bits per heavy atom. The van der Waals surface area contributed by atoms with E-state index in [1.165, 1.54) is 28.7 Å². The van der Waals surface area contributed by atoms with Crippen LogP contribution in [-0.2, 0) is 14.8 Å². The van der Waals surface area contributed by atoms with Crippen molar-refractivity contribution >= 4 is 27.7 Å². The summed E-state index contributed by atoms with van der Waals surface area (Å²) in [5.41, 5.74) is 0. The number of aromatic nitrogens is 1. The average molecular weight is 400 g/mol. The standard InChI is InChI=1S/C18H29N3O3S2/c1-5-20(6-2)26(23,24)16-10-11-17(19-12-16)25-13-18(22)21-14(3)8-7-9-15(21)4/h10-12,14-15H,5-9,13H2,1-4H3. The SMILES string of the molecule is CCN(CC)S(=O)(=O)c1ccc(SCC(=O)N2C(C)CCCC2C)nc1. The molecular formula is C18H29N3O3S2. The fourth-order valence-corrected chi connectivity index (χ4v) is 5.56. The van der Waals surface area contributed by atoms with Crippen LogP contribution in [0.4, 0.5) is 0 Å². The largest absolute Gasteiger partial charge is 0.337 e. The Hall–Kier alpha value is -1.12. The first-order chi connectivity index (χ1) is 12.3. The summed E-state index contributed by atoms with van der Waals surface area (Å²) in [5, 5.41) is 0.661. The first-order valence-electron chi connectivity index (χ1n) is 9.21. The van der Waals surface area contributed by atoms with Gasteiger partial charge in [-0.05, 0) is 45.2 Å². The molecule has 0 N–H and O–H groups in total. The maximum atomic E-state index is 12.6. The van der Waals surface area contributed by atoms with Gasteiger partial charge in [-0.25, -0.2) is 13.4 Å². The summed E-state index contributed by atoms with van der Waals surface area (Å²) in [6, 6.07) is 3.81. The summed E-state index contributed by atoms with van der Waals surface area (Å²) >= 11 is 1.35. The summed E-state index contributed by atoms with van der Waals surface area (Å²) < 4.78 is 26.3. The van der Waals surface area contributed by atoms with Gasteiger partial charge in [0, 0.05) is 31.4 Å². The number of sulfonamides is 1. The average Bonchev–Trinajstić information content (AvgIpc) is 2.61. The number of hydrogen-bond donors (Lipinski definition) is 0. The number of piperidine rings is 1. The molecule has 0 radical (unpaired) electrons. The molecule has 1 aliphatic rings. The number of carbonyl (C=O) groups excluding carboxylic acids is 1. The number of nitrogens with zero attached hydrogens (tertiary/aromatic N) is 3. The van der Waals surface area contributed by atoms with Gasteiger partial charge in [-0.2, -0.15) is 4.31 Å². The monoisotopic (exact) mass is 399 g/mol. The number of thioether (sulfide) groups is 1. The van der Waals surface area contributed by atoms with Crippen LogP contribution in [0.1, 0.15) is 47.0 Å². The van der Waals surface area contributed by atoms with Gasteiger partial charge in [-0.1, -0.05) is 25.6 Å². The quantitative estimate of drug-likeness (QED) is 0.659. The number of amides is 1. The van der Waals surface area contributed by atoms with Gasteiger partial charge in [0.15, 0.2) is 0 Å². The van der Waals surface area contributed by atoms with E-state index in [9.17, 15) is 13.2 Å². The molecule has 0 bridgehead atoms. The van der Waals surface area contributed by atoms with Crippen LogP contribution in [-0.4, -0.2) is 59.4 Å². The van der Waals surface area contributed by atoms with Crippen LogP contribution < -0.4 is 0 Å². The van der Waals surface area contributed by atoms with Crippen molar-refractivity contribution in [1.82, 2.24) is 14.2 Å². The van der Waals surface area contributed by atoms with Gasteiger partial charge in [0.25, 0.3) is 0 Å². The molecule has 1 saturated heterocycles. The van der Waals surface area contributed by atoms with Crippen LogP contribution in [0.3, 0.4) is 0 Å². The molecule has 1 aromatic heterocycles. The van der Waals surface area contributed by atoms with Crippen LogP contribution in [0.5, 0.6) is 0 Å². The molecule has 1 fully saturated rings. The molecule has 1 amide bonds. The lowest BCUT2D eigenvalue weighted by Gasteiger charge is -2.39. The first-order valence-corrected chi connectivity index (χ1v) is 11.6. The second kappa shape index (κ2) is 9.19. The fourth-order valence-electron chi connectivity index (χ4n) is 3.44. The lowest BCUT2D eigenvalue weighted by molar-refractivity contribution is -0.134. The Balaban J connectivity index is 2.00. The van der Waals surface area contributed by atoms with Gasteiger partial charge < -0.3 is 4.90 Å². The highest BCUT2D eigenvalue weighted by atomic mass is 32.2.